The van der Waals surface area contributed by atoms with Crippen LogP contribution in [0.2, 0.25) is 0 Å². The van der Waals surface area contributed by atoms with Gasteiger partial charge in [-0.1, -0.05) is 24.3 Å². The highest BCUT2D eigenvalue weighted by atomic mass is 19.1. The van der Waals surface area contributed by atoms with Gasteiger partial charge in [0.15, 0.2) is 0 Å². The molecule has 0 aliphatic heterocycles. The monoisotopic (exact) mass is 425 g/mol. The first-order valence-electron chi connectivity index (χ1n) is 9.09. The third-order valence-corrected chi connectivity index (χ3v) is 4.60. The third kappa shape index (κ3) is 4.75. The fourth-order valence-corrected chi connectivity index (χ4v) is 2.97. The van der Waals surface area contributed by atoms with E-state index < -0.39 is 29.5 Å². The molecule has 3 aromatic rings. The number of methoxy groups -OCH3 is 1. The van der Waals surface area contributed by atoms with Gasteiger partial charge in [-0.25, -0.2) is 18.4 Å². The Kier molecular flexibility index (Phi) is 6.40. The Labute approximate surface area is 176 Å². The Balaban J connectivity index is 1.78. The summed E-state index contributed by atoms with van der Waals surface area (Å²) in [7, 11) is 1.13. The number of amides is 1. The standard InChI is InChI=1S/C23H17F2NO5/c1-31-23(30)20-17(3-2-4-18(20)24)15-9-10-16(19(25)11-15)12-26-21(27)13-5-7-14(8-6-13)22(28)29/h2-11H,12H2,1H3,(H,26,27)(H,28,29). The van der Waals surface area contributed by atoms with Crippen molar-refractivity contribution in [3.8, 4) is 11.1 Å². The molecule has 158 valence electrons. The number of carbonyl (C=O) groups excluding carboxylic acids is 2. The minimum Gasteiger partial charge on any atom is -0.478 e. The average molecular weight is 425 g/mol. The van der Waals surface area contributed by atoms with Crippen molar-refractivity contribution >= 4 is 17.8 Å². The molecule has 0 aliphatic rings. The van der Waals surface area contributed by atoms with Crippen LogP contribution in [0, 0.1) is 11.6 Å². The van der Waals surface area contributed by atoms with Gasteiger partial charge in [-0.05, 0) is 47.5 Å². The molecule has 31 heavy (non-hydrogen) atoms. The molecule has 0 atom stereocenters. The second-order valence-corrected chi connectivity index (χ2v) is 6.53. The summed E-state index contributed by atoms with van der Waals surface area (Å²) >= 11 is 0. The molecule has 0 heterocycles. The number of rotatable bonds is 6. The number of carbonyl (C=O) groups is 3. The highest BCUT2D eigenvalue weighted by Crippen LogP contribution is 2.28. The van der Waals surface area contributed by atoms with E-state index in [1.54, 1.807) is 0 Å². The summed E-state index contributed by atoms with van der Waals surface area (Å²) in [6.07, 6.45) is 0. The van der Waals surface area contributed by atoms with Crippen LogP contribution in [-0.4, -0.2) is 30.1 Å². The topological polar surface area (TPSA) is 92.7 Å². The molecular weight excluding hydrogens is 408 g/mol. The van der Waals surface area contributed by atoms with E-state index >= 15 is 0 Å². The van der Waals surface area contributed by atoms with Gasteiger partial charge in [0.05, 0.1) is 12.7 Å². The molecule has 0 saturated heterocycles. The maximum Gasteiger partial charge on any atom is 0.341 e. The lowest BCUT2D eigenvalue weighted by atomic mass is 9.98. The van der Waals surface area contributed by atoms with E-state index in [0.29, 0.717) is 0 Å². The lowest BCUT2D eigenvalue weighted by Crippen LogP contribution is -2.23. The zero-order chi connectivity index (χ0) is 22.5. The predicted octanol–water partition coefficient (Wildman–Crippen LogP) is 4.05. The molecule has 0 aliphatic carbocycles. The smallest absolute Gasteiger partial charge is 0.341 e. The number of halogens is 2. The maximum absolute atomic E-state index is 14.6. The summed E-state index contributed by atoms with van der Waals surface area (Å²) < 4.78 is 33.3. The number of benzene rings is 3. The van der Waals surface area contributed by atoms with Gasteiger partial charge in [0.2, 0.25) is 0 Å². The number of carboxylic acids is 1. The summed E-state index contributed by atoms with van der Waals surface area (Å²) in [6, 6.07) is 13.4. The minimum absolute atomic E-state index is 0.0434. The van der Waals surface area contributed by atoms with Crippen LogP contribution in [0.15, 0.2) is 60.7 Å². The fraction of sp³-hybridized carbons (Fsp3) is 0.0870. The van der Waals surface area contributed by atoms with Crippen molar-refractivity contribution in [1.29, 1.82) is 0 Å². The van der Waals surface area contributed by atoms with Gasteiger partial charge in [0, 0.05) is 17.7 Å². The van der Waals surface area contributed by atoms with E-state index in [0.717, 1.165) is 19.2 Å². The number of ether oxygens (including phenoxy) is 1. The van der Waals surface area contributed by atoms with Crippen LogP contribution in [0.25, 0.3) is 11.1 Å². The van der Waals surface area contributed by atoms with Crippen LogP contribution in [0.4, 0.5) is 8.78 Å². The SMILES string of the molecule is COC(=O)c1c(F)cccc1-c1ccc(CNC(=O)c2ccc(C(=O)O)cc2)c(F)c1. The number of carboxylic acid groups (broad SMARTS) is 1. The molecule has 0 unspecified atom stereocenters. The van der Waals surface area contributed by atoms with Crippen LogP contribution in [0.1, 0.15) is 36.6 Å². The number of esters is 1. The molecule has 3 rings (SSSR count). The number of aromatic carboxylic acids is 1. The summed E-state index contributed by atoms with van der Waals surface area (Å²) in [5.41, 5.74) is 0.605. The van der Waals surface area contributed by atoms with Gasteiger partial charge in [-0.3, -0.25) is 4.79 Å². The van der Waals surface area contributed by atoms with Crippen molar-refractivity contribution < 1.29 is 33.0 Å². The molecule has 3 aromatic carbocycles. The van der Waals surface area contributed by atoms with Crippen molar-refractivity contribution in [3.63, 3.8) is 0 Å². The summed E-state index contributed by atoms with van der Waals surface area (Å²) in [6.45, 7) is -0.126. The Morgan fingerprint density at radius 1 is 0.935 bits per heavy atom. The molecular formula is C23H17F2NO5. The Morgan fingerprint density at radius 3 is 2.23 bits per heavy atom. The van der Waals surface area contributed by atoms with Crippen molar-refractivity contribution in [2.75, 3.05) is 7.11 Å². The second-order valence-electron chi connectivity index (χ2n) is 6.53. The molecule has 8 heteroatoms. The van der Waals surface area contributed by atoms with Crippen molar-refractivity contribution in [1.82, 2.24) is 5.32 Å². The first-order chi connectivity index (χ1) is 14.8. The average Bonchev–Trinajstić information content (AvgIpc) is 2.77. The minimum atomic E-state index is -1.11. The lowest BCUT2D eigenvalue weighted by Gasteiger charge is -2.11. The molecule has 0 fully saturated rings. The largest absolute Gasteiger partial charge is 0.478 e. The van der Waals surface area contributed by atoms with Gasteiger partial charge >= 0.3 is 11.9 Å². The van der Waals surface area contributed by atoms with Crippen LogP contribution in [0.5, 0.6) is 0 Å². The Bertz CT molecular complexity index is 1160. The number of hydrogen-bond acceptors (Lipinski definition) is 4. The first kappa shape index (κ1) is 21.6. The van der Waals surface area contributed by atoms with E-state index in [1.165, 1.54) is 48.5 Å². The van der Waals surface area contributed by atoms with Gasteiger partial charge in [-0.15, -0.1) is 0 Å². The zero-order valence-electron chi connectivity index (χ0n) is 16.3. The zero-order valence-corrected chi connectivity index (χ0v) is 16.3. The lowest BCUT2D eigenvalue weighted by molar-refractivity contribution is 0.0595. The Morgan fingerprint density at radius 2 is 1.61 bits per heavy atom. The summed E-state index contributed by atoms with van der Waals surface area (Å²) in [4.78, 5) is 35.0. The van der Waals surface area contributed by atoms with Gasteiger partial charge in [-0.2, -0.15) is 0 Å². The third-order valence-electron chi connectivity index (χ3n) is 4.60. The molecule has 6 nitrogen and oxygen atoms in total. The highest BCUT2D eigenvalue weighted by Gasteiger charge is 2.19. The van der Waals surface area contributed by atoms with Crippen LogP contribution < -0.4 is 5.32 Å². The first-order valence-corrected chi connectivity index (χ1v) is 9.09. The summed E-state index contributed by atoms with van der Waals surface area (Å²) in [5, 5.41) is 11.4. The van der Waals surface area contributed by atoms with Gasteiger partial charge in [0.25, 0.3) is 5.91 Å². The fourth-order valence-electron chi connectivity index (χ4n) is 2.97. The number of hydrogen-bond donors (Lipinski definition) is 2. The molecule has 2 N–H and O–H groups in total. The van der Waals surface area contributed by atoms with E-state index in [4.69, 9.17) is 5.11 Å². The van der Waals surface area contributed by atoms with Crippen molar-refractivity contribution in [2.45, 2.75) is 6.54 Å². The molecule has 0 spiro atoms. The quantitative estimate of drug-likeness (QED) is 0.582. The van der Waals surface area contributed by atoms with Crippen molar-refractivity contribution in [2.24, 2.45) is 0 Å². The van der Waals surface area contributed by atoms with E-state index in [-0.39, 0.29) is 39.9 Å². The van der Waals surface area contributed by atoms with E-state index in [1.807, 2.05) is 0 Å². The van der Waals surface area contributed by atoms with Crippen LogP contribution in [0.3, 0.4) is 0 Å². The molecule has 1 amide bonds. The Hall–Kier alpha value is -4.07. The number of nitrogens with one attached hydrogen (secondary N) is 1. The second kappa shape index (κ2) is 9.17. The van der Waals surface area contributed by atoms with Gasteiger partial charge in [0.1, 0.15) is 17.2 Å². The van der Waals surface area contributed by atoms with Crippen molar-refractivity contribution in [3.05, 3.63) is 94.6 Å². The van der Waals surface area contributed by atoms with E-state index in [9.17, 15) is 23.2 Å². The molecule has 0 bridgehead atoms. The van der Waals surface area contributed by atoms with Crippen LogP contribution >= 0.6 is 0 Å². The predicted molar refractivity (Wildman–Crippen MR) is 108 cm³/mol. The molecule has 0 radical (unpaired) electrons. The van der Waals surface area contributed by atoms with Crippen LogP contribution in [-0.2, 0) is 11.3 Å². The van der Waals surface area contributed by atoms with Gasteiger partial charge < -0.3 is 15.2 Å². The van der Waals surface area contributed by atoms with E-state index in [2.05, 4.69) is 10.1 Å². The molecule has 0 aromatic heterocycles. The summed E-state index contributed by atoms with van der Waals surface area (Å²) in [5.74, 6) is -3.92. The molecule has 0 saturated carbocycles. The normalized spacial score (nSPS) is 10.4. The maximum atomic E-state index is 14.6. The highest BCUT2D eigenvalue weighted by molar-refractivity contribution is 5.98.